The highest BCUT2D eigenvalue weighted by atomic mass is 32.3. The molecule has 0 aliphatic carbocycles. The molecule has 0 fully saturated rings. The topological polar surface area (TPSA) is 70.0 Å². The average Bonchev–Trinajstić information content (AvgIpc) is 2.52. The second-order valence-electron chi connectivity index (χ2n) is 2.50. The predicted octanol–water partition coefficient (Wildman–Crippen LogP) is 0.796. The lowest BCUT2D eigenvalue weighted by atomic mass is 10.3. The summed E-state index contributed by atoms with van der Waals surface area (Å²) in [6.45, 7) is 2.09. The minimum Gasteiger partial charge on any atom is -0.211 e. The molecule has 0 radical (unpaired) electrons. The van der Waals surface area contributed by atoms with Crippen LogP contribution in [0.5, 0.6) is 0 Å². The number of nitrogens with one attached hydrogen (secondary N) is 1. The van der Waals surface area contributed by atoms with Gasteiger partial charge >= 0.3 is 0 Å². The molecule has 0 aromatic heterocycles. The maximum Gasteiger partial charge on any atom is 0.246 e. The van der Waals surface area contributed by atoms with Gasteiger partial charge < -0.3 is 0 Å². The summed E-state index contributed by atoms with van der Waals surface area (Å²) in [5.74, 6) is 0. The van der Waals surface area contributed by atoms with Gasteiger partial charge in [-0.25, -0.2) is 13.1 Å². The molecule has 0 aromatic rings. The number of sulfonamides is 1. The van der Waals surface area contributed by atoms with E-state index >= 15 is 0 Å². The maximum atomic E-state index is 11.4. The van der Waals surface area contributed by atoms with Crippen LogP contribution in [-0.4, -0.2) is 20.2 Å². The third-order valence-electron chi connectivity index (χ3n) is 1.50. The number of nitrogens with zero attached hydrogens (tertiary/aromatic N) is 1. The Morgan fingerprint density at radius 3 is 3.00 bits per heavy atom. The molecule has 1 aliphatic heterocycles. The fourth-order valence-electron chi connectivity index (χ4n) is 0.953. The molecule has 0 amide bonds. The third-order valence-corrected chi connectivity index (χ3v) is 4.79. The van der Waals surface area contributed by atoms with Gasteiger partial charge in [0.15, 0.2) is 0 Å². The van der Waals surface area contributed by atoms with Crippen LogP contribution in [0.4, 0.5) is 0 Å². The summed E-state index contributed by atoms with van der Waals surface area (Å²) in [6.07, 6.45) is 2.11. The Labute approximate surface area is 82.1 Å². The van der Waals surface area contributed by atoms with E-state index in [1.54, 1.807) is 13.0 Å². The Hall–Kier alpha value is -0.510. The SMILES string of the molecule is CCNS(=O)(=O)C1=CCC(C#N)S1. The molecule has 1 unspecified atom stereocenters. The molecular weight excluding hydrogens is 208 g/mol. The maximum absolute atomic E-state index is 11.4. The van der Waals surface area contributed by atoms with Gasteiger partial charge in [0.2, 0.25) is 10.0 Å². The molecule has 0 saturated carbocycles. The Bertz CT molecular complexity index is 353. The van der Waals surface area contributed by atoms with E-state index in [4.69, 9.17) is 5.26 Å². The molecule has 13 heavy (non-hydrogen) atoms. The van der Waals surface area contributed by atoms with Gasteiger partial charge in [-0.15, -0.1) is 0 Å². The first-order valence-electron chi connectivity index (χ1n) is 3.86. The summed E-state index contributed by atoms with van der Waals surface area (Å²) in [7, 11) is -3.33. The zero-order valence-corrected chi connectivity index (χ0v) is 8.78. The molecular formula is C7H10N2O2S2. The van der Waals surface area contributed by atoms with Crippen LogP contribution >= 0.6 is 11.8 Å². The normalized spacial score (nSPS) is 22.5. The minimum atomic E-state index is -3.33. The first kappa shape index (κ1) is 10.6. The van der Waals surface area contributed by atoms with Crippen LogP contribution in [0.25, 0.3) is 0 Å². The monoisotopic (exact) mass is 218 g/mol. The van der Waals surface area contributed by atoms with E-state index in [1.165, 1.54) is 0 Å². The highest BCUT2D eigenvalue weighted by Gasteiger charge is 2.26. The number of nitriles is 1. The van der Waals surface area contributed by atoms with Crippen LogP contribution in [-0.2, 0) is 10.0 Å². The number of hydrogen-bond acceptors (Lipinski definition) is 4. The largest absolute Gasteiger partial charge is 0.246 e. The highest BCUT2D eigenvalue weighted by Crippen LogP contribution is 2.34. The fraction of sp³-hybridized carbons (Fsp3) is 0.571. The lowest BCUT2D eigenvalue weighted by Gasteiger charge is -2.04. The second-order valence-corrected chi connectivity index (χ2v) is 5.73. The number of allylic oxidation sites excluding steroid dienone is 1. The standard InChI is InChI=1S/C7H10N2O2S2/c1-2-9-13(10,11)7-4-3-6(5-8)12-7/h4,6,9H,2-3H2,1H3. The van der Waals surface area contributed by atoms with E-state index in [2.05, 4.69) is 4.72 Å². The first-order valence-corrected chi connectivity index (χ1v) is 6.22. The quantitative estimate of drug-likeness (QED) is 0.760. The number of rotatable bonds is 3. The van der Waals surface area contributed by atoms with Gasteiger partial charge in [-0.05, 0) is 6.42 Å². The third kappa shape index (κ3) is 2.46. The molecule has 0 aromatic carbocycles. The van der Waals surface area contributed by atoms with Gasteiger partial charge in [0.25, 0.3) is 0 Å². The van der Waals surface area contributed by atoms with Crippen molar-refractivity contribution in [2.45, 2.75) is 18.6 Å². The second kappa shape index (κ2) is 4.13. The van der Waals surface area contributed by atoms with Crippen molar-refractivity contribution in [3.8, 4) is 6.07 Å². The van der Waals surface area contributed by atoms with Crippen LogP contribution in [0, 0.1) is 11.3 Å². The molecule has 4 nitrogen and oxygen atoms in total. The highest BCUT2D eigenvalue weighted by molar-refractivity contribution is 8.18. The van der Waals surface area contributed by atoms with Gasteiger partial charge in [0.1, 0.15) is 9.49 Å². The summed E-state index contributed by atoms with van der Waals surface area (Å²) >= 11 is 1.11. The van der Waals surface area contributed by atoms with Crippen LogP contribution in [0.15, 0.2) is 10.3 Å². The summed E-state index contributed by atoms with van der Waals surface area (Å²) in [5.41, 5.74) is 0. The zero-order valence-electron chi connectivity index (χ0n) is 7.15. The first-order chi connectivity index (χ1) is 6.10. The lowest BCUT2D eigenvalue weighted by Crippen LogP contribution is -2.23. The van der Waals surface area contributed by atoms with Crippen molar-refractivity contribution < 1.29 is 8.42 Å². The Balaban J connectivity index is 2.72. The average molecular weight is 218 g/mol. The molecule has 6 heteroatoms. The molecule has 72 valence electrons. The predicted molar refractivity (Wildman–Crippen MR) is 52.3 cm³/mol. The molecule has 1 N–H and O–H groups in total. The van der Waals surface area contributed by atoms with E-state index in [-0.39, 0.29) is 9.49 Å². The molecule has 0 spiro atoms. The summed E-state index contributed by atoms with van der Waals surface area (Å²) in [5, 5.41) is 8.31. The van der Waals surface area contributed by atoms with Crippen LogP contribution in [0.1, 0.15) is 13.3 Å². The fourth-order valence-corrected chi connectivity index (χ4v) is 3.54. The number of thioether (sulfide) groups is 1. The molecule has 1 atom stereocenters. The van der Waals surface area contributed by atoms with Crippen molar-refractivity contribution in [2.75, 3.05) is 6.54 Å². The number of hydrogen-bond donors (Lipinski definition) is 1. The molecule has 0 saturated heterocycles. The van der Waals surface area contributed by atoms with E-state index < -0.39 is 10.0 Å². The minimum absolute atomic E-state index is 0.247. The van der Waals surface area contributed by atoms with Crippen LogP contribution < -0.4 is 4.72 Å². The summed E-state index contributed by atoms with van der Waals surface area (Å²) in [6, 6.07) is 2.03. The van der Waals surface area contributed by atoms with E-state index in [0.717, 1.165) is 11.8 Å². The molecule has 1 heterocycles. The molecule has 1 aliphatic rings. The Morgan fingerprint density at radius 2 is 2.54 bits per heavy atom. The molecule has 1 rings (SSSR count). The van der Waals surface area contributed by atoms with Crippen molar-refractivity contribution >= 4 is 21.8 Å². The Morgan fingerprint density at radius 1 is 1.85 bits per heavy atom. The zero-order chi connectivity index (χ0) is 9.90. The van der Waals surface area contributed by atoms with E-state index in [1.807, 2.05) is 6.07 Å². The smallest absolute Gasteiger partial charge is 0.211 e. The Kier molecular flexibility index (Phi) is 3.36. The lowest BCUT2D eigenvalue weighted by molar-refractivity contribution is 0.592. The van der Waals surface area contributed by atoms with Gasteiger partial charge in [0, 0.05) is 6.54 Å². The summed E-state index contributed by atoms with van der Waals surface area (Å²) < 4.78 is 25.4. The van der Waals surface area contributed by atoms with Crippen molar-refractivity contribution in [3.05, 3.63) is 10.3 Å². The van der Waals surface area contributed by atoms with Crippen LogP contribution in [0.3, 0.4) is 0 Å². The van der Waals surface area contributed by atoms with Crippen molar-refractivity contribution in [1.82, 2.24) is 4.72 Å². The van der Waals surface area contributed by atoms with E-state index in [0.29, 0.717) is 13.0 Å². The van der Waals surface area contributed by atoms with Gasteiger partial charge in [0.05, 0.1) is 6.07 Å². The molecule has 0 bridgehead atoms. The van der Waals surface area contributed by atoms with Crippen molar-refractivity contribution in [1.29, 1.82) is 5.26 Å². The summed E-state index contributed by atoms with van der Waals surface area (Å²) in [4.78, 5) is 0. The van der Waals surface area contributed by atoms with Crippen molar-refractivity contribution in [2.24, 2.45) is 0 Å². The van der Waals surface area contributed by atoms with Gasteiger partial charge in [-0.2, -0.15) is 5.26 Å². The van der Waals surface area contributed by atoms with Gasteiger partial charge in [-0.3, -0.25) is 0 Å². The van der Waals surface area contributed by atoms with Gasteiger partial charge in [-0.1, -0.05) is 24.8 Å². The van der Waals surface area contributed by atoms with Crippen LogP contribution in [0.2, 0.25) is 0 Å². The van der Waals surface area contributed by atoms with E-state index in [9.17, 15) is 8.42 Å². The van der Waals surface area contributed by atoms with Crippen molar-refractivity contribution in [3.63, 3.8) is 0 Å².